The average molecular weight is 1060 g/mol. The number of alkyl halides is 3. The van der Waals surface area contributed by atoms with Crippen LogP contribution in [0.3, 0.4) is 0 Å². The lowest BCUT2D eigenvalue weighted by Crippen LogP contribution is -2.67. The topological polar surface area (TPSA) is 142 Å². The van der Waals surface area contributed by atoms with Crippen LogP contribution in [-0.2, 0) is 87.0 Å². The number of ether oxygens (including phenoxy) is 10. The van der Waals surface area contributed by atoms with Crippen molar-refractivity contribution in [3.63, 3.8) is 0 Å². The van der Waals surface area contributed by atoms with E-state index in [4.69, 9.17) is 82.2 Å². The van der Waals surface area contributed by atoms with Gasteiger partial charge in [0.1, 0.15) is 55.4 Å². The van der Waals surface area contributed by atoms with Gasteiger partial charge in [0, 0.05) is 0 Å². The number of carbonyl (C=O) groups excluding carboxylic acids is 1. The van der Waals surface area contributed by atoms with Gasteiger partial charge in [-0.3, -0.25) is 0 Å². The van der Waals surface area contributed by atoms with E-state index < -0.39 is 77.8 Å². The quantitative estimate of drug-likeness (QED) is 0.0558. The minimum Gasteiger partial charge on any atom is -0.445 e. The van der Waals surface area contributed by atoms with Crippen molar-refractivity contribution in [2.45, 2.75) is 105 Å². The number of carbonyl (C=O) groups is 1. The van der Waals surface area contributed by atoms with E-state index in [0.717, 1.165) is 33.4 Å². The molecule has 16 heteroatoms. The zero-order chi connectivity index (χ0) is 50.7. The van der Waals surface area contributed by atoms with Gasteiger partial charge in [-0.05, 0) is 33.4 Å². The van der Waals surface area contributed by atoms with Gasteiger partial charge in [-0.25, -0.2) is 4.79 Å². The third-order valence-electron chi connectivity index (χ3n) is 12.2. The molecule has 1 amide bonds. The Labute approximate surface area is 441 Å². The van der Waals surface area contributed by atoms with E-state index in [-0.39, 0.29) is 52.9 Å². The number of aliphatic hydroxyl groups is 1. The number of alkyl carbamates (subject to hydrolysis) is 1. The molecule has 2 fully saturated rings. The maximum absolute atomic E-state index is 13.8. The SMILES string of the molecule is O=C(N[C@H]1[C@@H](OC[C@H]2O[C@H](O)[C@H](OCc3ccccc3)[C@@H](OCc3ccccc3)[C@@H]2OCc2ccccc2)O[C@H](COCc2ccccc2)[C@@H](OCc2ccccc2)[C@@H]1OCc1ccccc1)OCC(Cl)(Cl)Cl. The summed E-state index contributed by atoms with van der Waals surface area (Å²) in [6, 6.07) is 56.9. The van der Waals surface area contributed by atoms with E-state index in [9.17, 15) is 9.90 Å². The Morgan fingerprint density at radius 3 is 1.23 bits per heavy atom. The molecule has 2 aliphatic heterocycles. The Hall–Kier alpha value is -4.94. The first-order chi connectivity index (χ1) is 35.6. The fraction of sp³-hybridized carbons (Fsp3) is 0.351. The lowest BCUT2D eigenvalue weighted by atomic mass is 9.95. The van der Waals surface area contributed by atoms with Gasteiger partial charge in [-0.15, -0.1) is 0 Å². The van der Waals surface area contributed by atoms with E-state index in [2.05, 4.69) is 5.32 Å². The van der Waals surface area contributed by atoms with Crippen molar-refractivity contribution >= 4 is 40.9 Å². The van der Waals surface area contributed by atoms with Crippen molar-refractivity contribution < 1.29 is 57.3 Å². The van der Waals surface area contributed by atoms with Gasteiger partial charge in [0.05, 0.1) is 52.9 Å². The largest absolute Gasteiger partial charge is 0.445 e. The lowest BCUT2D eigenvalue weighted by molar-refractivity contribution is -0.333. The van der Waals surface area contributed by atoms with Crippen LogP contribution in [0.1, 0.15) is 33.4 Å². The summed E-state index contributed by atoms with van der Waals surface area (Å²) in [5, 5.41) is 14.8. The van der Waals surface area contributed by atoms with Crippen LogP contribution in [0.2, 0.25) is 0 Å². The summed E-state index contributed by atoms with van der Waals surface area (Å²) in [7, 11) is 0. The Kier molecular flexibility index (Phi) is 20.9. The fourth-order valence-corrected chi connectivity index (χ4v) is 8.71. The molecule has 2 N–H and O–H groups in total. The minimum atomic E-state index is -1.91. The molecule has 13 nitrogen and oxygen atoms in total. The number of hydrogen-bond donors (Lipinski definition) is 2. The highest BCUT2D eigenvalue weighted by atomic mass is 35.6. The van der Waals surface area contributed by atoms with Crippen LogP contribution in [0.25, 0.3) is 0 Å². The summed E-state index contributed by atoms with van der Waals surface area (Å²) < 4.78 is 63.5. The predicted octanol–water partition coefficient (Wildman–Crippen LogP) is 10.1. The van der Waals surface area contributed by atoms with Crippen molar-refractivity contribution in [1.29, 1.82) is 0 Å². The summed E-state index contributed by atoms with van der Waals surface area (Å²) in [5.74, 6) is 0. The Bertz CT molecular complexity index is 2490. The Balaban J connectivity index is 1.13. The molecule has 10 atom stereocenters. The monoisotopic (exact) mass is 1060 g/mol. The first-order valence-electron chi connectivity index (χ1n) is 24.1. The number of rotatable bonds is 24. The molecule has 2 aliphatic rings. The number of benzene rings is 6. The van der Waals surface area contributed by atoms with Crippen LogP contribution in [0, 0.1) is 0 Å². The highest BCUT2D eigenvalue weighted by Gasteiger charge is 2.52. The molecule has 0 unspecified atom stereocenters. The fourth-order valence-electron chi connectivity index (χ4n) is 8.55. The van der Waals surface area contributed by atoms with Crippen LogP contribution in [0.15, 0.2) is 182 Å². The van der Waals surface area contributed by atoms with Gasteiger partial charge in [0.2, 0.25) is 3.79 Å². The second-order valence-corrected chi connectivity index (χ2v) is 20.1. The zero-order valence-corrected chi connectivity index (χ0v) is 42.3. The molecular weight excluding hydrogens is 997 g/mol. The van der Waals surface area contributed by atoms with Crippen molar-refractivity contribution in [1.82, 2.24) is 5.32 Å². The molecule has 73 heavy (non-hydrogen) atoms. The summed E-state index contributed by atoms with van der Waals surface area (Å²) in [6.07, 6.45) is -10.2. The van der Waals surface area contributed by atoms with Crippen molar-refractivity contribution in [2.24, 2.45) is 0 Å². The van der Waals surface area contributed by atoms with Crippen LogP contribution in [0.4, 0.5) is 4.79 Å². The van der Waals surface area contributed by atoms with Gasteiger partial charge in [0.25, 0.3) is 0 Å². The molecule has 0 aliphatic carbocycles. The molecular formula is C57H60Cl3NO12. The highest BCUT2D eigenvalue weighted by Crippen LogP contribution is 2.34. The maximum atomic E-state index is 13.8. The van der Waals surface area contributed by atoms with Crippen molar-refractivity contribution in [2.75, 3.05) is 19.8 Å². The number of nitrogens with one attached hydrogen (secondary N) is 1. The lowest BCUT2D eigenvalue weighted by Gasteiger charge is -2.47. The highest BCUT2D eigenvalue weighted by molar-refractivity contribution is 6.67. The molecule has 386 valence electrons. The summed E-state index contributed by atoms with van der Waals surface area (Å²) >= 11 is 18.1. The molecule has 0 spiro atoms. The first-order valence-corrected chi connectivity index (χ1v) is 25.3. The molecule has 2 heterocycles. The second-order valence-electron chi connectivity index (χ2n) is 17.6. The molecule has 2 saturated heterocycles. The summed E-state index contributed by atoms with van der Waals surface area (Å²) in [5.41, 5.74) is 5.38. The molecule has 0 aromatic heterocycles. The number of hydrogen-bond acceptors (Lipinski definition) is 12. The molecule has 6 aromatic rings. The smallest absolute Gasteiger partial charge is 0.407 e. The van der Waals surface area contributed by atoms with Gasteiger partial charge in [-0.2, -0.15) is 0 Å². The van der Waals surface area contributed by atoms with Gasteiger partial charge in [-0.1, -0.05) is 217 Å². The van der Waals surface area contributed by atoms with E-state index >= 15 is 0 Å². The third kappa shape index (κ3) is 17.0. The molecule has 0 bridgehead atoms. The minimum absolute atomic E-state index is 0.0289. The standard InChI is InChI=1S/C57H60Cl3NO12/c58-57(59,60)39-71-56(63)61-48-51(67-34-43-25-13-4-14-26-43)49(65-32-41-21-9-2-10-22-41)46(37-64-31-40-19-7-1-8-20-40)73-55(48)70-38-47-50(66-33-42-23-11-3-12-24-42)52(68-35-44-27-15-5-16-28-44)53(54(62)72-47)69-36-45-29-17-6-18-30-45/h1-30,46-55,62H,31-39H2,(H,61,63)/t46-,47-,48-,49-,50-,51-,52+,53-,54+,55+/m1/s1. The van der Waals surface area contributed by atoms with Crippen LogP contribution < -0.4 is 5.32 Å². The maximum Gasteiger partial charge on any atom is 0.407 e. The number of halogens is 3. The zero-order valence-electron chi connectivity index (χ0n) is 40.0. The summed E-state index contributed by atoms with van der Waals surface area (Å²) in [6.45, 7) is 0.252. The van der Waals surface area contributed by atoms with E-state index in [1.54, 1.807) is 0 Å². The van der Waals surface area contributed by atoms with E-state index in [1.807, 2.05) is 182 Å². The van der Waals surface area contributed by atoms with E-state index in [1.165, 1.54) is 0 Å². The van der Waals surface area contributed by atoms with Gasteiger partial charge >= 0.3 is 6.09 Å². The predicted molar refractivity (Wildman–Crippen MR) is 275 cm³/mol. The molecule has 0 radical (unpaired) electrons. The Morgan fingerprint density at radius 1 is 0.452 bits per heavy atom. The second kappa shape index (κ2) is 28.1. The normalized spacial score (nSPS) is 24.2. The first kappa shape index (κ1) is 54.3. The Morgan fingerprint density at radius 2 is 0.808 bits per heavy atom. The molecule has 0 saturated carbocycles. The van der Waals surface area contributed by atoms with Crippen LogP contribution >= 0.6 is 34.8 Å². The van der Waals surface area contributed by atoms with Gasteiger partial charge in [0.15, 0.2) is 12.6 Å². The van der Waals surface area contributed by atoms with E-state index in [0.29, 0.717) is 0 Å². The summed E-state index contributed by atoms with van der Waals surface area (Å²) in [4.78, 5) is 13.8. The number of amides is 1. The molecule has 6 aromatic carbocycles. The third-order valence-corrected chi connectivity index (χ3v) is 12.5. The van der Waals surface area contributed by atoms with Crippen molar-refractivity contribution in [3.05, 3.63) is 215 Å². The van der Waals surface area contributed by atoms with Crippen LogP contribution in [0.5, 0.6) is 0 Å². The number of aliphatic hydroxyl groups excluding tert-OH is 1. The van der Waals surface area contributed by atoms with Crippen molar-refractivity contribution in [3.8, 4) is 0 Å². The van der Waals surface area contributed by atoms with Gasteiger partial charge < -0.3 is 57.8 Å². The average Bonchev–Trinajstić information content (AvgIpc) is 3.41. The van der Waals surface area contributed by atoms with Crippen LogP contribution in [-0.4, -0.2) is 96.2 Å². The molecule has 8 rings (SSSR count).